The monoisotopic (exact) mass is 239 g/mol. The fraction of sp³-hybridized carbons (Fsp3) is 0.385. The first-order valence-corrected chi connectivity index (χ1v) is 5.65. The highest BCUT2D eigenvalue weighted by Crippen LogP contribution is 2.15. The first kappa shape index (κ1) is 15.3. The quantitative estimate of drug-likeness (QED) is 0.822. The molecule has 1 rings (SSSR count). The van der Waals surface area contributed by atoms with Crippen LogP contribution in [0, 0.1) is 5.82 Å². The molecule has 0 aliphatic carbocycles. The lowest BCUT2D eigenvalue weighted by atomic mass is 10.1. The fourth-order valence-corrected chi connectivity index (χ4v) is 1.21. The Hall–Kier alpha value is -1.71. The zero-order chi connectivity index (χ0) is 13.4. The van der Waals surface area contributed by atoms with Gasteiger partial charge in [-0.2, -0.15) is 0 Å². The first-order valence-electron chi connectivity index (χ1n) is 5.65. The van der Waals surface area contributed by atoms with Crippen LogP contribution in [-0.4, -0.2) is 11.7 Å². The highest BCUT2D eigenvalue weighted by atomic mass is 19.1. The van der Waals surface area contributed by atoms with Crippen molar-refractivity contribution < 1.29 is 14.0 Å². The second-order valence-corrected chi connectivity index (χ2v) is 3.15. The van der Waals surface area contributed by atoms with Gasteiger partial charge in [-0.15, -0.1) is 0 Å². The molecule has 0 radical (unpaired) electrons. The second kappa shape index (κ2) is 7.54. The van der Waals surface area contributed by atoms with Crippen LogP contribution in [0.4, 0.5) is 10.1 Å². The largest absolute Gasteiger partial charge is 0.326 e. The lowest BCUT2D eigenvalue weighted by Gasteiger charge is -2.04. The predicted octanol–water partition coefficient (Wildman–Crippen LogP) is 3.40. The molecule has 0 bridgehead atoms. The van der Waals surface area contributed by atoms with Crippen LogP contribution in [0.1, 0.15) is 44.5 Å². The molecule has 0 aliphatic heterocycles. The van der Waals surface area contributed by atoms with Crippen LogP contribution in [0.3, 0.4) is 0 Å². The van der Waals surface area contributed by atoms with E-state index in [0.29, 0.717) is 5.69 Å². The molecule has 0 saturated heterocycles. The summed E-state index contributed by atoms with van der Waals surface area (Å²) in [7, 11) is 0. The van der Waals surface area contributed by atoms with Crippen molar-refractivity contribution in [1.29, 1.82) is 0 Å². The van der Waals surface area contributed by atoms with Gasteiger partial charge in [0.1, 0.15) is 5.82 Å². The lowest BCUT2D eigenvalue weighted by molar-refractivity contribution is -0.114. The Morgan fingerprint density at radius 1 is 1.29 bits per heavy atom. The minimum Gasteiger partial charge on any atom is -0.326 e. The van der Waals surface area contributed by atoms with Crippen molar-refractivity contribution in [3.8, 4) is 0 Å². The van der Waals surface area contributed by atoms with E-state index in [1.54, 1.807) is 6.92 Å². The molecule has 1 N–H and O–H groups in total. The van der Waals surface area contributed by atoms with Crippen LogP contribution in [0.25, 0.3) is 0 Å². The summed E-state index contributed by atoms with van der Waals surface area (Å²) in [6, 6.07) is 4.03. The molecule has 1 aromatic carbocycles. The van der Waals surface area contributed by atoms with Crippen LogP contribution in [0.2, 0.25) is 0 Å². The third-order valence-corrected chi connectivity index (χ3v) is 1.91. The number of Topliss-reactive ketones (excluding diaryl/α,β-unsaturated/α-hetero) is 1. The number of nitrogens with one attached hydrogen (secondary N) is 1. The van der Waals surface area contributed by atoms with Crippen molar-refractivity contribution in [3.05, 3.63) is 29.6 Å². The van der Waals surface area contributed by atoms with E-state index in [4.69, 9.17) is 0 Å². The van der Waals surface area contributed by atoms with Crippen LogP contribution >= 0.6 is 0 Å². The highest BCUT2D eigenvalue weighted by Gasteiger charge is 2.10. The van der Waals surface area contributed by atoms with Gasteiger partial charge in [-0.25, -0.2) is 4.39 Å². The van der Waals surface area contributed by atoms with Crippen molar-refractivity contribution in [2.24, 2.45) is 0 Å². The molecule has 0 atom stereocenters. The SMILES string of the molecule is CC.CCC(=O)c1ccc(NC(C)=O)cc1F. The molecule has 0 heterocycles. The van der Waals surface area contributed by atoms with E-state index in [1.807, 2.05) is 13.8 Å². The molecule has 4 heteroatoms. The summed E-state index contributed by atoms with van der Waals surface area (Å²) in [6.07, 6.45) is 0.260. The summed E-state index contributed by atoms with van der Waals surface area (Å²) >= 11 is 0. The van der Waals surface area contributed by atoms with E-state index in [2.05, 4.69) is 5.32 Å². The normalized spacial score (nSPS) is 9.00. The number of hydrogen-bond acceptors (Lipinski definition) is 2. The number of anilines is 1. The van der Waals surface area contributed by atoms with Gasteiger partial charge in [0.2, 0.25) is 5.91 Å². The van der Waals surface area contributed by atoms with Gasteiger partial charge in [-0.1, -0.05) is 20.8 Å². The molecular weight excluding hydrogens is 221 g/mol. The number of benzene rings is 1. The average Bonchev–Trinajstić information content (AvgIpc) is 2.30. The number of halogens is 1. The maximum atomic E-state index is 13.4. The molecule has 1 amide bonds. The summed E-state index contributed by atoms with van der Waals surface area (Å²) in [6.45, 7) is 7.01. The van der Waals surface area contributed by atoms with Gasteiger partial charge >= 0.3 is 0 Å². The number of amides is 1. The van der Waals surface area contributed by atoms with Crippen LogP contribution in [-0.2, 0) is 4.79 Å². The van der Waals surface area contributed by atoms with Crippen LogP contribution in [0.5, 0.6) is 0 Å². The second-order valence-electron chi connectivity index (χ2n) is 3.15. The zero-order valence-corrected chi connectivity index (χ0v) is 10.6. The van der Waals surface area contributed by atoms with E-state index in [1.165, 1.54) is 19.1 Å². The van der Waals surface area contributed by atoms with E-state index in [9.17, 15) is 14.0 Å². The van der Waals surface area contributed by atoms with E-state index < -0.39 is 5.82 Å². The Kier molecular flexibility index (Phi) is 6.79. The van der Waals surface area contributed by atoms with Gasteiger partial charge in [-0.05, 0) is 18.2 Å². The average molecular weight is 239 g/mol. The Balaban J connectivity index is 0.00000121. The maximum Gasteiger partial charge on any atom is 0.221 e. The first-order chi connectivity index (χ1) is 8.04. The van der Waals surface area contributed by atoms with Gasteiger partial charge in [0, 0.05) is 19.0 Å². The van der Waals surface area contributed by atoms with Gasteiger partial charge in [-0.3, -0.25) is 9.59 Å². The van der Waals surface area contributed by atoms with E-state index in [-0.39, 0.29) is 23.7 Å². The predicted molar refractivity (Wildman–Crippen MR) is 66.7 cm³/mol. The van der Waals surface area contributed by atoms with Crippen molar-refractivity contribution in [3.63, 3.8) is 0 Å². The molecule has 0 spiro atoms. The van der Waals surface area contributed by atoms with Gasteiger partial charge in [0.25, 0.3) is 0 Å². The molecule has 3 nitrogen and oxygen atoms in total. The summed E-state index contributed by atoms with van der Waals surface area (Å²) in [5, 5.41) is 2.44. The molecule has 0 unspecified atom stereocenters. The summed E-state index contributed by atoms with van der Waals surface area (Å²) < 4.78 is 13.4. The molecular formula is C13H18FNO2. The minimum atomic E-state index is -0.604. The number of carbonyl (C=O) groups is 2. The third-order valence-electron chi connectivity index (χ3n) is 1.91. The van der Waals surface area contributed by atoms with Crippen molar-refractivity contribution in [2.45, 2.75) is 34.1 Å². The van der Waals surface area contributed by atoms with E-state index >= 15 is 0 Å². The van der Waals surface area contributed by atoms with Gasteiger partial charge < -0.3 is 5.32 Å². The summed E-state index contributed by atoms with van der Waals surface area (Å²) in [5.41, 5.74) is 0.416. The van der Waals surface area contributed by atoms with Crippen LogP contribution in [0.15, 0.2) is 18.2 Å². The zero-order valence-electron chi connectivity index (χ0n) is 10.6. The molecule has 0 aliphatic rings. The highest BCUT2D eigenvalue weighted by molar-refractivity contribution is 5.97. The molecule has 17 heavy (non-hydrogen) atoms. The molecule has 94 valence electrons. The lowest BCUT2D eigenvalue weighted by Crippen LogP contribution is -2.07. The number of rotatable bonds is 3. The van der Waals surface area contributed by atoms with Crippen LogP contribution < -0.4 is 5.32 Å². The van der Waals surface area contributed by atoms with Crippen molar-refractivity contribution in [2.75, 3.05) is 5.32 Å². The maximum absolute atomic E-state index is 13.4. The Bertz CT molecular complexity index is 402. The number of carbonyl (C=O) groups excluding carboxylic acids is 2. The molecule has 0 aromatic heterocycles. The fourth-order valence-electron chi connectivity index (χ4n) is 1.21. The van der Waals surface area contributed by atoms with Crippen molar-refractivity contribution in [1.82, 2.24) is 0 Å². The van der Waals surface area contributed by atoms with Gasteiger partial charge in [0.15, 0.2) is 5.78 Å². The molecule has 0 fully saturated rings. The van der Waals surface area contributed by atoms with Gasteiger partial charge in [0.05, 0.1) is 5.56 Å². The molecule has 1 aromatic rings. The standard InChI is InChI=1S/C11H12FNO2.C2H6/c1-3-11(15)9-5-4-8(6-10(9)12)13-7(2)14;1-2/h4-6H,3H2,1-2H3,(H,13,14);1-2H3. The molecule has 0 saturated carbocycles. The minimum absolute atomic E-state index is 0.0617. The number of hydrogen-bond donors (Lipinski definition) is 1. The number of ketones is 1. The Labute approximate surface area is 101 Å². The van der Waals surface area contributed by atoms with E-state index in [0.717, 1.165) is 6.07 Å². The smallest absolute Gasteiger partial charge is 0.221 e. The Morgan fingerprint density at radius 2 is 1.88 bits per heavy atom. The summed E-state index contributed by atoms with van der Waals surface area (Å²) in [5.74, 6) is -1.13. The third kappa shape index (κ3) is 4.76. The Morgan fingerprint density at radius 3 is 2.29 bits per heavy atom. The topological polar surface area (TPSA) is 46.2 Å². The summed E-state index contributed by atoms with van der Waals surface area (Å²) in [4.78, 5) is 21.9. The van der Waals surface area contributed by atoms with Crippen molar-refractivity contribution >= 4 is 17.4 Å².